The van der Waals surface area contributed by atoms with Gasteiger partial charge in [-0.25, -0.2) is 9.97 Å². The second-order valence-electron chi connectivity index (χ2n) is 3.43. The lowest BCUT2D eigenvalue weighted by Crippen LogP contribution is -2.12. The normalized spacial score (nSPS) is 10.1. The summed E-state index contributed by atoms with van der Waals surface area (Å²) in [5, 5.41) is 8.35. The van der Waals surface area contributed by atoms with Gasteiger partial charge in [-0.1, -0.05) is 11.8 Å². The first-order valence-corrected chi connectivity index (χ1v) is 5.98. The zero-order chi connectivity index (χ0) is 13.0. The van der Waals surface area contributed by atoms with Crippen LogP contribution >= 0.6 is 11.8 Å². The molecule has 5 nitrogen and oxygen atoms in total. The van der Waals surface area contributed by atoms with Crippen LogP contribution in [0, 0.1) is 5.41 Å². The molecule has 0 saturated carbocycles. The molecule has 0 unspecified atom stereocenters. The smallest absolute Gasteiger partial charge is 0.123 e. The first-order chi connectivity index (χ1) is 8.70. The van der Waals surface area contributed by atoms with Gasteiger partial charge in [-0.2, -0.15) is 0 Å². The lowest BCUT2D eigenvalue weighted by Gasteiger charge is -2.09. The van der Waals surface area contributed by atoms with Crippen molar-refractivity contribution in [3.8, 4) is 5.75 Å². The van der Waals surface area contributed by atoms with Crippen molar-refractivity contribution in [3.05, 3.63) is 42.4 Å². The Morgan fingerprint density at radius 2 is 2.22 bits per heavy atom. The number of nitrogen functional groups attached to an aromatic ring is 1. The molecule has 0 fully saturated rings. The first-order valence-electron chi connectivity index (χ1n) is 5.17. The van der Waals surface area contributed by atoms with Gasteiger partial charge in [-0.05, 0) is 24.3 Å². The van der Waals surface area contributed by atoms with Gasteiger partial charge < -0.3 is 10.5 Å². The van der Waals surface area contributed by atoms with Crippen LogP contribution in [-0.2, 0) is 0 Å². The molecule has 0 aliphatic heterocycles. The molecule has 2 rings (SSSR count). The standard InChI is InChI=1S/C12H12N4OS/c1-17-8-2-3-9(12(13)14)10(6-8)18-11-4-5-15-7-16-11/h2-7H,1H3,(H3,13,14). The third kappa shape index (κ3) is 2.78. The molecule has 92 valence electrons. The third-order valence-electron chi connectivity index (χ3n) is 2.25. The van der Waals surface area contributed by atoms with Crippen LogP contribution < -0.4 is 10.5 Å². The third-order valence-corrected chi connectivity index (χ3v) is 3.26. The van der Waals surface area contributed by atoms with Gasteiger partial charge in [0.15, 0.2) is 0 Å². The number of ether oxygens (including phenoxy) is 1. The van der Waals surface area contributed by atoms with E-state index in [-0.39, 0.29) is 5.84 Å². The molecular weight excluding hydrogens is 248 g/mol. The summed E-state index contributed by atoms with van der Waals surface area (Å²) >= 11 is 1.42. The fraction of sp³-hybridized carbons (Fsp3) is 0.0833. The van der Waals surface area contributed by atoms with Crippen molar-refractivity contribution in [1.29, 1.82) is 5.41 Å². The van der Waals surface area contributed by atoms with Gasteiger partial charge in [0.2, 0.25) is 0 Å². The van der Waals surface area contributed by atoms with Gasteiger partial charge in [0.1, 0.15) is 22.9 Å². The summed E-state index contributed by atoms with van der Waals surface area (Å²) in [6, 6.07) is 7.18. The van der Waals surface area contributed by atoms with Gasteiger partial charge in [0.05, 0.1) is 7.11 Å². The lowest BCUT2D eigenvalue weighted by molar-refractivity contribution is 0.413. The molecule has 0 aliphatic carbocycles. The Morgan fingerprint density at radius 1 is 1.39 bits per heavy atom. The second-order valence-corrected chi connectivity index (χ2v) is 4.49. The van der Waals surface area contributed by atoms with Crippen molar-refractivity contribution in [1.82, 2.24) is 9.97 Å². The summed E-state index contributed by atoms with van der Waals surface area (Å²) in [6.45, 7) is 0. The van der Waals surface area contributed by atoms with Crippen LogP contribution in [0.4, 0.5) is 0 Å². The fourth-order valence-corrected chi connectivity index (χ4v) is 2.31. The number of methoxy groups -OCH3 is 1. The summed E-state index contributed by atoms with van der Waals surface area (Å²) in [4.78, 5) is 8.83. The summed E-state index contributed by atoms with van der Waals surface area (Å²) in [5.74, 6) is 0.741. The first kappa shape index (κ1) is 12.4. The minimum absolute atomic E-state index is 0.0224. The Labute approximate surface area is 109 Å². The van der Waals surface area contributed by atoms with E-state index < -0.39 is 0 Å². The van der Waals surface area contributed by atoms with Crippen LogP contribution in [-0.4, -0.2) is 22.9 Å². The minimum atomic E-state index is 0.0224. The number of benzene rings is 1. The maximum atomic E-state index is 7.56. The maximum Gasteiger partial charge on any atom is 0.123 e. The zero-order valence-corrected chi connectivity index (χ0v) is 10.6. The molecule has 0 bridgehead atoms. The SMILES string of the molecule is COc1ccc(C(=N)N)c(Sc2ccncn2)c1. The number of nitrogens with one attached hydrogen (secondary N) is 1. The lowest BCUT2D eigenvalue weighted by atomic mass is 10.2. The molecule has 1 heterocycles. The van der Waals surface area contributed by atoms with E-state index in [1.165, 1.54) is 18.1 Å². The van der Waals surface area contributed by atoms with E-state index in [0.717, 1.165) is 15.7 Å². The molecule has 1 aromatic carbocycles. The number of nitrogens with two attached hydrogens (primary N) is 1. The topological polar surface area (TPSA) is 84.9 Å². The number of amidine groups is 1. The minimum Gasteiger partial charge on any atom is -0.497 e. The Bertz CT molecular complexity index is 559. The van der Waals surface area contributed by atoms with E-state index in [0.29, 0.717) is 5.56 Å². The van der Waals surface area contributed by atoms with E-state index in [1.54, 1.807) is 31.5 Å². The zero-order valence-electron chi connectivity index (χ0n) is 9.75. The molecule has 0 saturated heterocycles. The molecule has 0 aliphatic rings. The van der Waals surface area contributed by atoms with Gasteiger partial charge in [-0.15, -0.1) is 0 Å². The van der Waals surface area contributed by atoms with Crippen molar-refractivity contribution in [2.24, 2.45) is 5.73 Å². The average molecular weight is 260 g/mol. The van der Waals surface area contributed by atoms with E-state index in [9.17, 15) is 0 Å². The van der Waals surface area contributed by atoms with Gasteiger partial charge >= 0.3 is 0 Å². The number of nitrogens with zero attached hydrogens (tertiary/aromatic N) is 2. The van der Waals surface area contributed by atoms with Crippen LogP contribution in [0.3, 0.4) is 0 Å². The average Bonchev–Trinajstić information content (AvgIpc) is 2.39. The van der Waals surface area contributed by atoms with Crippen LogP contribution in [0.25, 0.3) is 0 Å². The molecular formula is C12H12N4OS. The highest BCUT2D eigenvalue weighted by Gasteiger charge is 2.09. The second kappa shape index (κ2) is 5.50. The fourth-order valence-electron chi connectivity index (χ4n) is 1.39. The van der Waals surface area contributed by atoms with E-state index >= 15 is 0 Å². The molecule has 1 aromatic heterocycles. The van der Waals surface area contributed by atoms with E-state index in [1.807, 2.05) is 6.07 Å². The Hall–Kier alpha value is -2.08. The van der Waals surface area contributed by atoms with Crippen molar-refractivity contribution >= 4 is 17.6 Å². The van der Waals surface area contributed by atoms with E-state index in [2.05, 4.69) is 9.97 Å². The maximum absolute atomic E-state index is 7.56. The number of hydrogen-bond acceptors (Lipinski definition) is 5. The molecule has 0 radical (unpaired) electrons. The molecule has 0 spiro atoms. The van der Waals surface area contributed by atoms with Crippen molar-refractivity contribution in [2.45, 2.75) is 9.92 Å². The van der Waals surface area contributed by atoms with Crippen molar-refractivity contribution in [2.75, 3.05) is 7.11 Å². The molecule has 2 aromatic rings. The summed E-state index contributed by atoms with van der Waals surface area (Å²) in [6.07, 6.45) is 3.15. The molecule has 6 heteroatoms. The Morgan fingerprint density at radius 3 is 2.83 bits per heavy atom. The van der Waals surface area contributed by atoms with Crippen LogP contribution in [0.5, 0.6) is 5.75 Å². The molecule has 3 N–H and O–H groups in total. The number of rotatable bonds is 4. The number of hydrogen-bond donors (Lipinski definition) is 2. The quantitative estimate of drug-likeness (QED) is 0.498. The predicted octanol–water partition coefficient (Wildman–Crippen LogP) is 1.92. The molecule has 0 amide bonds. The Balaban J connectivity index is 2.38. The van der Waals surface area contributed by atoms with Crippen LogP contribution in [0.15, 0.2) is 46.7 Å². The summed E-state index contributed by atoms with van der Waals surface area (Å²) in [5.41, 5.74) is 6.22. The van der Waals surface area contributed by atoms with Crippen molar-refractivity contribution in [3.63, 3.8) is 0 Å². The molecule has 0 atom stereocenters. The summed E-state index contributed by atoms with van der Waals surface area (Å²) in [7, 11) is 1.60. The Kier molecular flexibility index (Phi) is 3.78. The highest BCUT2D eigenvalue weighted by Crippen LogP contribution is 2.31. The van der Waals surface area contributed by atoms with Gasteiger partial charge in [-0.3, -0.25) is 5.41 Å². The largest absolute Gasteiger partial charge is 0.497 e. The summed E-state index contributed by atoms with van der Waals surface area (Å²) < 4.78 is 5.17. The van der Waals surface area contributed by atoms with Crippen LogP contribution in [0.1, 0.15) is 5.56 Å². The predicted molar refractivity (Wildman–Crippen MR) is 70.2 cm³/mol. The highest BCUT2D eigenvalue weighted by molar-refractivity contribution is 7.99. The van der Waals surface area contributed by atoms with Gasteiger partial charge in [0, 0.05) is 16.7 Å². The monoisotopic (exact) mass is 260 g/mol. The van der Waals surface area contributed by atoms with Crippen molar-refractivity contribution < 1.29 is 4.74 Å². The molecule has 18 heavy (non-hydrogen) atoms. The van der Waals surface area contributed by atoms with Crippen LogP contribution in [0.2, 0.25) is 0 Å². The highest BCUT2D eigenvalue weighted by atomic mass is 32.2. The van der Waals surface area contributed by atoms with Gasteiger partial charge in [0.25, 0.3) is 0 Å². The number of aromatic nitrogens is 2. The van der Waals surface area contributed by atoms with E-state index in [4.69, 9.17) is 15.9 Å².